The molecule has 0 bridgehead atoms. The smallest absolute Gasteiger partial charge is 0.119 e. The monoisotopic (exact) mass is 236 g/mol. The molecule has 0 aromatic rings. The Morgan fingerprint density at radius 1 is 0.706 bits per heavy atom. The predicted molar refractivity (Wildman–Crippen MR) is 76.2 cm³/mol. The summed E-state index contributed by atoms with van der Waals surface area (Å²) in [5.74, 6) is 0. The van der Waals surface area contributed by atoms with Crippen LogP contribution in [-0.2, 0) is 4.79 Å². The zero-order valence-corrected chi connectivity index (χ0v) is 11.4. The Balaban J connectivity index is 3.05. The molecule has 0 aliphatic carbocycles. The highest BCUT2D eigenvalue weighted by atomic mass is 16.1. The molecule has 0 aliphatic heterocycles. The second-order valence-corrected chi connectivity index (χ2v) is 4.48. The van der Waals surface area contributed by atoms with Crippen LogP contribution >= 0.6 is 0 Å². The molecule has 0 atom stereocenters. The average molecular weight is 236 g/mol. The van der Waals surface area contributed by atoms with E-state index in [1.807, 2.05) is 0 Å². The second kappa shape index (κ2) is 15.1. The van der Waals surface area contributed by atoms with Crippen molar-refractivity contribution in [3.63, 3.8) is 0 Å². The summed E-state index contributed by atoms with van der Waals surface area (Å²) >= 11 is 0. The van der Waals surface area contributed by atoms with Gasteiger partial charge in [-0.15, -0.1) is 0 Å². The molecule has 0 aliphatic rings. The van der Waals surface area contributed by atoms with E-state index >= 15 is 0 Å². The van der Waals surface area contributed by atoms with Gasteiger partial charge in [0.1, 0.15) is 6.29 Å². The van der Waals surface area contributed by atoms with Crippen molar-refractivity contribution in [3.8, 4) is 0 Å². The third-order valence-electron chi connectivity index (χ3n) is 2.81. The summed E-state index contributed by atoms with van der Waals surface area (Å²) < 4.78 is 0. The average Bonchev–Trinajstić information content (AvgIpc) is 2.35. The van der Waals surface area contributed by atoms with Gasteiger partial charge >= 0.3 is 0 Å². The van der Waals surface area contributed by atoms with Gasteiger partial charge in [-0.25, -0.2) is 0 Å². The lowest BCUT2D eigenvalue weighted by atomic mass is 10.1. The molecule has 0 fully saturated rings. The third-order valence-corrected chi connectivity index (χ3v) is 2.81. The van der Waals surface area contributed by atoms with Crippen LogP contribution in [0, 0.1) is 0 Å². The van der Waals surface area contributed by atoms with Gasteiger partial charge in [0.2, 0.25) is 0 Å². The number of allylic oxidation sites excluding steroid dienone is 4. The fraction of sp³-hybridized carbons (Fsp3) is 0.688. The number of carbonyl (C=O) groups is 1. The standard InChI is InChI=1S/C16H28O/c1-2-3-4-5-6-7-8-9-10-11-12-13-14-15-16-17/h3-6,16H,2,7-15H2,1H3/b4-3+,6-5-. The maximum atomic E-state index is 10.1. The number of aldehydes is 1. The van der Waals surface area contributed by atoms with Gasteiger partial charge in [-0.1, -0.05) is 63.3 Å². The van der Waals surface area contributed by atoms with Crippen molar-refractivity contribution in [2.45, 2.75) is 71.1 Å². The molecule has 0 rings (SSSR count). The van der Waals surface area contributed by atoms with Gasteiger partial charge in [0.25, 0.3) is 0 Å². The van der Waals surface area contributed by atoms with E-state index in [0.717, 1.165) is 25.5 Å². The van der Waals surface area contributed by atoms with Crippen LogP contribution in [0.25, 0.3) is 0 Å². The Bertz CT molecular complexity index is 204. The van der Waals surface area contributed by atoms with Crippen LogP contribution in [0.2, 0.25) is 0 Å². The number of carbonyl (C=O) groups excluding carboxylic acids is 1. The van der Waals surface area contributed by atoms with Crippen molar-refractivity contribution in [3.05, 3.63) is 24.3 Å². The first-order chi connectivity index (χ1) is 8.41. The zero-order chi connectivity index (χ0) is 12.6. The van der Waals surface area contributed by atoms with Crippen molar-refractivity contribution < 1.29 is 4.79 Å². The van der Waals surface area contributed by atoms with Gasteiger partial charge in [0, 0.05) is 6.42 Å². The lowest BCUT2D eigenvalue weighted by Gasteiger charge is -1.99. The van der Waals surface area contributed by atoms with Gasteiger partial charge in [0.05, 0.1) is 0 Å². The number of hydrogen-bond acceptors (Lipinski definition) is 1. The van der Waals surface area contributed by atoms with Crippen LogP contribution in [0.15, 0.2) is 24.3 Å². The second-order valence-electron chi connectivity index (χ2n) is 4.48. The predicted octanol–water partition coefficient (Wildman–Crippen LogP) is 5.22. The topological polar surface area (TPSA) is 17.1 Å². The summed E-state index contributed by atoms with van der Waals surface area (Å²) in [5.41, 5.74) is 0. The molecule has 0 N–H and O–H groups in total. The molecule has 1 heteroatoms. The van der Waals surface area contributed by atoms with Crippen molar-refractivity contribution in [2.75, 3.05) is 0 Å². The highest BCUT2D eigenvalue weighted by Crippen LogP contribution is 2.09. The van der Waals surface area contributed by atoms with E-state index < -0.39 is 0 Å². The third kappa shape index (κ3) is 15.1. The van der Waals surface area contributed by atoms with Crippen LogP contribution in [0.5, 0.6) is 0 Å². The minimum absolute atomic E-state index is 0.746. The van der Waals surface area contributed by atoms with Gasteiger partial charge in [0.15, 0.2) is 0 Å². The van der Waals surface area contributed by atoms with Crippen molar-refractivity contribution in [1.29, 1.82) is 0 Å². The van der Waals surface area contributed by atoms with Crippen LogP contribution in [0.1, 0.15) is 71.1 Å². The van der Waals surface area contributed by atoms with Gasteiger partial charge in [-0.2, -0.15) is 0 Å². The number of hydrogen-bond donors (Lipinski definition) is 0. The highest BCUT2D eigenvalue weighted by Gasteiger charge is 1.90. The first kappa shape index (κ1) is 16.1. The highest BCUT2D eigenvalue weighted by molar-refractivity contribution is 5.48. The zero-order valence-electron chi connectivity index (χ0n) is 11.4. The Morgan fingerprint density at radius 2 is 1.24 bits per heavy atom. The largest absolute Gasteiger partial charge is 0.303 e. The Morgan fingerprint density at radius 3 is 1.82 bits per heavy atom. The molecule has 1 nitrogen and oxygen atoms in total. The Kier molecular flexibility index (Phi) is 14.4. The number of unbranched alkanes of at least 4 members (excludes halogenated alkanes) is 8. The Labute approximate surface area is 107 Å². The van der Waals surface area contributed by atoms with Crippen molar-refractivity contribution in [1.82, 2.24) is 0 Å². The molecule has 17 heavy (non-hydrogen) atoms. The van der Waals surface area contributed by atoms with E-state index in [0.29, 0.717) is 0 Å². The molecular formula is C16H28O. The van der Waals surface area contributed by atoms with E-state index in [-0.39, 0.29) is 0 Å². The van der Waals surface area contributed by atoms with Crippen LogP contribution in [-0.4, -0.2) is 6.29 Å². The van der Waals surface area contributed by atoms with Gasteiger partial charge in [-0.05, 0) is 25.7 Å². The summed E-state index contributed by atoms with van der Waals surface area (Å²) in [7, 11) is 0. The van der Waals surface area contributed by atoms with Crippen LogP contribution < -0.4 is 0 Å². The first-order valence-electron chi connectivity index (χ1n) is 7.17. The van der Waals surface area contributed by atoms with Crippen LogP contribution in [0.4, 0.5) is 0 Å². The quantitative estimate of drug-likeness (QED) is 0.258. The molecule has 0 unspecified atom stereocenters. The fourth-order valence-corrected chi connectivity index (χ4v) is 1.76. The maximum Gasteiger partial charge on any atom is 0.119 e. The molecule has 0 radical (unpaired) electrons. The molecular weight excluding hydrogens is 208 g/mol. The van der Waals surface area contributed by atoms with E-state index in [9.17, 15) is 4.79 Å². The molecule has 0 saturated heterocycles. The molecule has 0 saturated carbocycles. The van der Waals surface area contributed by atoms with Crippen LogP contribution in [0.3, 0.4) is 0 Å². The summed E-state index contributed by atoms with van der Waals surface area (Å²) in [6.45, 7) is 2.15. The molecule has 0 spiro atoms. The molecule has 0 amide bonds. The van der Waals surface area contributed by atoms with Crippen molar-refractivity contribution >= 4 is 6.29 Å². The normalized spacial score (nSPS) is 11.6. The fourth-order valence-electron chi connectivity index (χ4n) is 1.76. The van der Waals surface area contributed by atoms with E-state index in [2.05, 4.69) is 31.2 Å². The SMILES string of the molecule is CC/C=C/C=C\CCCCCCCCCC=O. The summed E-state index contributed by atoms with van der Waals surface area (Å²) in [5, 5.41) is 0. The van der Waals surface area contributed by atoms with E-state index in [1.54, 1.807) is 0 Å². The maximum absolute atomic E-state index is 10.1. The summed E-state index contributed by atoms with van der Waals surface area (Å²) in [6.07, 6.45) is 21.8. The van der Waals surface area contributed by atoms with Gasteiger partial charge < -0.3 is 4.79 Å². The van der Waals surface area contributed by atoms with E-state index in [4.69, 9.17) is 0 Å². The minimum Gasteiger partial charge on any atom is -0.303 e. The van der Waals surface area contributed by atoms with Gasteiger partial charge in [-0.3, -0.25) is 0 Å². The lowest BCUT2D eigenvalue weighted by molar-refractivity contribution is -0.107. The number of rotatable bonds is 12. The molecule has 0 heterocycles. The minimum atomic E-state index is 0.746. The molecule has 0 aromatic carbocycles. The first-order valence-corrected chi connectivity index (χ1v) is 7.17. The summed E-state index contributed by atoms with van der Waals surface area (Å²) in [6, 6.07) is 0. The molecule has 0 aromatic heterocycles. The molecule has 98 valence electrons. The summed E-state index contributed by atoms with van der Waals surface area (Å²) in [4.78, 5) is 10.1. The lowest BCUT2D eigenvalue weighted by Crippen LogP contribution is -1.81. The Hall–Kier alpha value is -0.850. The van der Waals surface area contributed by atoms with E-state index in [1.165, 1.54) is 44.9 Å². The van der Waals surface area contributed by atoms with Crippen molar-refractivity contribution in [2.24, 2.45) is 0 Å².